The highest BCUT2D eigenvalue weighted by Crippen LogP contribution is 2.30. The summed E-state index contributed by atoms with van der Waals surface area (Å²) < 4.78 is 5.66. The van der Waals surface area contributed by atoms with Crippen molar-refractivity contribution in [1.29, 1.82) is 0 Å². The Hall–Kier alpha value is -1.80. The molecule has 0 fully saturated rings. The molecule has 0 saturated heterocycles. The van der Waals surface area contributed by atoms with Crippen LogP contribution in [0, 0.1) is 6.92 Å². The van der Waals surface area contributed by atoms with Crippen LogP contribution < -0.4 is 4.74 Å². The van der Waals surface area contributed by atoms with E-state index in [1.165, 1.54) is 0 Å². The lowest BCUT2D eigenvalue weighted by molar-refractivity contribution is 0.103. The van der Waals surface area contributed by atoms with Crippen LogP contribution in [-0.2, 0) is 6.42 Å². The zero-order valence-electron chi connectivity index (χ0n) is 11.4. The summed E-state index contributed by atoms with van der Waals surface area (Å²) in [4.78, 5) is 12.6. The number of fused-ring (bicyclic) bond motifs is 1. The normalized spacial score (nSPS) is 16.6. The summed E-state index contributed by atoms with van der Waals surface area (Å²) in [5.41, 5.74) is 3.27. The molecule has 102 valence electrons. The fourth-order valence-electron chi connectivity index (χ4n) is 2.57. The Bertz CT molecular complexity index is 691. The van der Waals surface area contributed by atoms with Crippen LogP contribution in [0.1, 0.15) is 34.0 Å². The second kappa shape index (κ2) is 4.95. The molecule has 1 atom stereocenters. The zero-order chi connectivity index (χ0) is 14.3. The number of carbonyl (C=O) groups excluding carboxylic acids is 1. The molecule has 1 heterocycles. The Morgan fingerprint density at radius 2 is 2.10 bits per heavy atom. The second-order valence-electron chi connectivity index (χ2n) is 5.20. The molecule has 0 N–H and O–H groups in total. The summed E-state index contributed by atoms with van der Waals surface area (Å²) in [5, 5.41) is 0.619. The summed E-state index contributed by atoms with van der Waals surface area (Å²) in [7, 11) is 0. The maximum absolute atomic E-state index is 12.6. The van der Waals surface area contributed by atoms with E-state index >= 15 is 0 Å². The monoisotopic (exact) mass is 286 g/mol. The first kappa shape index (κ1) is 13.2. The van der Waals surface area contributed by atoms with Gasteiger partial charge in [0, 0.05) is 22.6 Å². The minimum absolute atomic E-state index is 0.00681. The number of carbonyl (C=O) groups is 1. The van der Waals surface area contributed by atoms with E-state index in [9.17, 15) is 4.79 Å². The van der Waals surface area contributed by atoms with Crippen molar-refractivity contribution in [2.45, 2.75) is 26.4 Å². The van der Waals surface area contributed by atoms with E-state index in [0.29, 0.717) is 16.1 Å². The first-order valence-electron chi connectivity index (χ1n) is 6.65. The third-order valence-electron chi connectivity index (χ3n) is 3.67. The number of hydrogen-bond acceptors (Lipinski definition) is 2. The molecule has 1 aliphatic rings. The number of rotatable bonds is 2. The maximum atomic E-state index is 12.6. The van der Waals surface area contributed by atoms with E-state index in [1.54, 1.807) is 12.1 Å². The molecule has 20 heavy (non-hydrogen) atoms. The molecule has 0 amide bonds. The van der Waals surface area contributed by atoms with Crippen molar-refractivity contribution in [3.63, 3.8) is 0 Å². The molecule has 3 heteroatoms. The summed E-state index contributed by atoms with van der Waals surface area (Å²) in [6.45, 7) is 3.90. The Balaban J connectivity index is 2.00. The van der Waals surface area contributed by atoms with Gasteiger partial charge >= 0.3 is 0 Å². The van der Waals surface area contributed by atoms with Gasteiger partial charge in [0.05, 0.1) is 0 Å². The van der Waals surface area contributed by atoms with E-state index in [0.717, 1.165) is 23.3 Å². The molecule has 0 bridgehead atoms. The molecule has 0 aliphatic carbocycles. The lowest BCUT2D eigenvalue weighted by Gasteiger charge is -2.07. The number of hydrogen-bond donors (Lipinski definition) is 0. The Morgan fingerprint density at radius 1 is 1.30 bits per heavy atom. The van der Waals surface area contributed by atoms with Crippen molar-refractivity contribution in [1.82, 2.24) is 0 Å². The standard InChI is InChI=1S/C17H15ClO2/c1-10-8-13-9-12(6-7-16(13)20-10)17(19)14-4-3-5-15(18)11(14)2/h3-7,9-10H,8H2,1-2H3. The van der Waals surface area contributed by atoms with Crippen molar-refractivity contribution in [2.24, 2.45) is 0 Å². The predicted octanol–water partition coefficient (Wildman–Crippen LogP) is 4.20. The maximum Gasteiger partial charge on any atom is 0.193 e. The molecule has 1 aliphatic heterocycles. The van der Waals surface area contributed by atoms with Gasteiger partial charge in [-0.25, -0.2) is 0 Å². The molecule has 0 aromatic heterocycles. The van der Waals surface area contributed by atoms with Crippen molar-refractivity contribution in [3.8, 4) is 5.75 Å². The van der Waals surface area contributed by atoms with Crippen molar-refractivity contribution in [2.75, 3.05) is 0 Å². The van der Waals surface area contributed by atoms with Crippen molar-refractivity contribution >= 4 is 17.4 Å². The third kappa shape index (κ3) is 2.20. The van der Waals surface area contributed by atoms with Crippen molar-refractivity contribution < 1.29 is 9.53 Å². The van der Waals surface area contributed by atoms with Crippen LogP contribution in [-0.4, -0.2) is 11.9 Å². The van der Waals surface area contributed by atoms with E-state index in [4.69, 9.17) is 16.3 Å². The molecule has 2 nitrogen and oxygen atoms in total. The van der Waals surface area contributed by atoms with E-state index in [-0.39, 0.29) is 11.9 Å². The summed E-state index contributed by atoms with van der Waals surface area (Å²) in [6.07, 6.45) is 1.04. The van der Waals surface area contributed by atoms with Crippen LogP contribution >= 0.6 is 11.6 Å². The second-order valence-corrected chi connectivity index (χ2v) is 5.60. The van der Waals surface area contributed by atoms with Gasteiger partial charge in [0.1, 0.15) is 11.9 Å². The molecule has 2 aromatic carbocycles. The smallest absolute Gasteiger partial charge is 0.193 e. The van der Waals surface area contributed by atoms with Gasteiger partial charge in [-0.1, -0.05) is 23.7 Å². The summed E-state index contributed by atoms with van der Waals surface area (Å²) in [5.74, 6) is 0.893. The molecule has 0 saturated carbocycles. The molecular formula is C17H15ClO2. The highest BCUT2D eigenvalue weighted by molar-refractivity contribution is 6.32. The van der Waals surface area contributed by atoms with Crippen molar-refractivity contribution in [3.05, 3.63) is 63.7 Å². The largest absolute Gasteiger partial charge is 0.490 e. The molecule has 3 rings (SSSR count). The van der Waals surface area contributed by atoms with Gasteiger partial charge < -0.3 is 4.74 Å². The minimum atomic E-state index is 0.00681. The van der Waals surface area contributed by atoms with Crippen LogP contribution in [0.25, 0.3) is 0 Å². The Morgan fingerprint density at radius 3 is 2.90 bits per heavy atom. The van der Waals surface area contributed by atoms with Crippen LogP contribution in [0.3, 0.4) is 0 Å². The lowest BCUT2D eigenvalue weighted by atomic mass is 9.97. The van der Waals surface area contributed by atoms with Gasteiger partial charge in [0.2, 0.25) is 0 Å². The van der Waals surface area contributed by atoms with E-state index in [1.807, 2.05) is 38.1 Å². The number of ketones is 1. The fraction of sp³-hybridized carbons (Fsp3) is 0.235. The lowest BCUT2D eigenvalue weighted by Crippen LogP contribution is -2.05. The fourth-order valence-corrected chi connectivity index (χ4v) is 2.75. The average molecular weight is 287 g/mol. The quantitative estimate of drug-likeness (QED) is 0.773. The van der Waals surface area contributed by atoms with Gasteiger partial charge in [-0.2, -0.15) is 0 Å². The summed E-state index contributed by atoms with van der Waals surface area (Å²) in [6, 6.07) is 11.1. The SMILES string of the molecule is Cc1c(Cl)cccc1C(=O)c1ccc2c(c1)CC(C)O2. The number of ether oxygens (including phenoxy) is 1. The van der Waals surface area contributed by atoms with Gasteiger partial charge in [-0.05, 0) is 49.2 Å². The third-order valence-corrected chi connectivity index (χ3v) is 4.08. The summed E-state index contributed by atoms with van der Waals surface area (Å²) >= 11 is 6.09. The van der Waals surface area contributed by atoms with Gasteiger partial charge in [0.15, 0.2) is 5.78 Å². The molecule has 0 radical (unpaired) electrons. The highest BCUT2D eigenvalue weighted by Gasteiger charge is 2.21. The first-order valence-corrected chi connectivity index (χ1v) is 7.03. The topological polar surface area (TPSA) is 26.3 Å². The van der Waals surface area contributed by atoms with Crippen LogP contribution in [0.5, 0.6) is 5.75 Å². The number of halogens is 1. The van der Waals surface area contributed by atoms with E-state index < -0.39 is 0 Å². The minimum Gasteiger partial charge on any atom is -0.490 e. The van der Waals surface area contributed by atoms with Gasteiger partial charge in [-0.15, -0.1) is 0 Å². The highest BCUT2D eigenvalue weighted by atomic mass is 35.5. The van der Waals surface area contributed by atoms with Gasteiger partial charge in [-0.3, -0.25) is 4.79 Å². The molecule has 2 aromatic rings. The Labute approximate surface area is 123 Å². The molecular weight excluding hydrogens is 272 g/mol. The molecule has 0 spiro atoms. The first-order chi connectivity index (χ1) is 9.56. The number of benzene rings is 2. The predicted molar refractivity (Wildman–Crippen MR) is 79.9 cm³/mol. The van der Waals surface area contributed by atoms with Crippen LogP contribution in [0.2, 0.25) is 5.02 Å². The van der Waals surface area contributed by atoms with E-state index in [2.05, 4.69) is 0 Å². The molecule has 1 unspecified atom stereocenters. The van der Waals surface area contributed by atoms with Crippen LogP contribution in [0.15, 0.2) is 36.4 Å². The zero-order valence-corrected chi connectivity index (χ0v) is 12.2. The van der Waals surface area contributed by atoms with Crippen LogP contribution in [0.4, 0.5) is 0 Å². The average Bonchev–Trinajstić information content (AvgIpc) is 2.80. The van der Waals surface area contributed by atoms with Gasteiger partial charge in [0.25, 0.3) is 0 Å². The Kier molecular flexibility index (Phi) is 3.27.